The number of para-hydroxylation sites is 1. The minimum atomic E-state index is -0.386. The molecule has 0 unspecified atom stereocenters. The van der Waals surface area contributed by atoms with Crippen molar-refractivity contribution in [1.82, 2.24) is 0 Å². The van der Waals surface area contributed by atoms with Crippen LogP contribution in [-0.4, -0.2) is 11.5 Å². The number of nitro groups is 1. The number of nitro benzene ring substituents is 1. The predicted molar refractivity (Wildman–Crippen MR) is 72.2 cm³/mol. The third-order valence-electron chi connectivity index (χ3n) is 2.76. The van der Waals surface area contributed by atoms with E-state index in [4.69, 9.17) is 0 Å². The van der Waals surface area contributed by atoms with Crippen LogP contribution >= 0.6 is 0 Å². The van der Waals surface area contributed by atoms with E-state index in [9.17, 15) is 10.1 Å². The van der Waals surface area contributed by atoms with Gasteiger partial charge in [-0.2, -0.15) is 0 Å². The van der Waals surface area contributed by atoms with E-state index in [2.05, 4.69) is 11.8 Å². The molecule has 0 amide bonds. The zero-order chi connectivity index (χ0) is 13.0. The van der Waals surface area contributed by atoms with E-state index in [0.717, 1.165) is 17.9 Å². The van der Waals surface area contributed by atoms with E-state index in [1.54, 1.807) is 12.1 Å². The van der Waals surface area contributed by atoms with Crippen LogP contribution in [-0.2, 0) is 0 Å². The van der Waals surface area contributed by atoms with Gasteiger partial charge < -0.3 is 4.90 Å². The first-order valence-electron chi connectivity index (χ1n) is 5.79. The molecule has 0 aliphatic rings. The summed E-state index contributed by atoms with van der Waals surface area (Å²) in [4.78, 5) is 12.3. The van der Waals surface area contributed by atoms with Crippen LogP contribution < -0.4 is 4.90 Å². The summed E-state index contributed by atoms with van der Waals surface area (Å²) in [6.07, 6.45) is 0. The van der Waals surface area contributed by atoms with Crippen LogP contribution in [0.2, 0.25) is 0 Å². The van der Waals surface area contributed by atoms with Crippen molar-refractivity contribution in [1.29, 1.82) is 0 Å². The van der Waals surface area contributed by atoms with E-state index >= 15 is 0 Å². The lowest BCUT2D eigenvalue weighted by Gasteiger charge is -2.23. The number of nitrogens with zero attached hydrogens (tertiary/aromatic N) is 2. The molecular formula is C14H14N2O2. The fourth-order valence-corrected chi connectivity index (χ4v) is 1.88. The maximum atomic E-state index is 10.6. The van der Waals surface area contributed by atoms with Gasteiger partial charge in [0.2, 0.25) is 0 Å². The van der Waals surface area contributed by atoms with Crippen LogP contribution in [0, 0.1) is 10.1 Å². The lowest BCUT2D eigenvalue weighted by atomic mass is 10.2. The van der Waals surface area contributed by atoms with Gasteiger partial charge in [0, 0.05) is 30.1 Å². The van der Waals surface area contributed by atoms with Crippen molar-refractivity contribution in [2.24, 2.45) is 0 Å². The number of hydrogen-bond acceptors (Lipinski definition) is 3. The van der Waals surface area contributed by atoms with Crippen molar-refractivity contribution in [3.63, 3.8) is 0 Å². The zero-order valence-electron chi connectivity index (χ0n) is 10.1. The van der Waals surface area contributed by atoms with Crippen molar-refractivity contribution < 1.29 is 4.92 Å². The van der Waals surface area contributed by atoms with Gasteiger partial charge in [0.1, 0.15) is 0 Å². The van der Waals surface area contributed by atoms with Gasteiger partial charge in [-0.05, 0) is 31.2 Å². The van der Waals surface area contributed by atoms with Gasteiger partial charge in [-0.15, -0.1) is 0 Å². The van der Waals surface area contributed by atoms with Crippen molar-refractivity contribution in [2.45, 2.75) is 6.92 Å². The molecule has 0 fully saturated rings. The molecule has 0 aliphatic carbocycles. The first-order chi connectivity index (χ1) is 8.72. The van der Waals surface area contributed by atoms with Gasteiger partial charge in [0.25, 0.3) is 5.69 Å². The average molecular weight is 242 g/mol. The van der Waals surface area contributed by atoms with Crippen LogP contribution in [0.5, 0.6) is 0 Å². The normalized spacial score (nSPS) is 10.1. The summed E-state index contributed by atoms with van der Waals surface area (Å²) in [6.45, 7) is 2.86. The molecule has 2 aromatic rings. The highest BCUT2D eigenvalue weighted by molar-refractivity contribution is 5.64. The lowest BCUT2D eigenvalue weighted by Crippen LogP contribution is -2.15. The Kier molecular flexibility index (Phi) is 3.57. The molecule has 0 atom stereocenters. The number of anilines is 2. The van der Waals surface area contributed by atoms with Crippen LogP contribution in [0.4, 0.5) is 17.1 Å². The minimum Gasteiger partial charge on any atom is -0.342 e. The highest BCUT2D eigenvalue weighted by Crippen LogP contribution is 2.26. The second kappa shape index (κ2) is 5.31. The number of hydrogen-bond donors (Lipinski definition) is 0. The molecule has 0 saturated carbocycles. The minimum absolute atomic E-state index is 0.114. The van der Waals surface area contributed by atoms with E-state index in [-0.39, 0.29) is 10.6 Å². The Morgan fingerprint density at radius 1 is 1.00 bits per heavy atom. The monoisotopic (exact) mass is 242 g/mol. The second-order valence-electron chi connectivity index (χ2n) is 3.85. The Morgan fingerprint density at radius 2 is 1.56 bits per heavy atom. The smallest absolute Gasteiger partial charge is 0.269 e. The Bertz CT molecular complexity index is 523. The van der Waals surface area contributed by atoms with Crippen LogP contribution in [0.3, 0.4) is 0 Å². The molecular weight excluding hydrogens is 228 g/mol. The molecule has 2 aromatic carbocycles. The summed E-state index contributed by atoms with van der Waals surface area (Å²) in [6, 6.07) is 16.6. The summed E-state index contributed by atoms with van der Waals surface area (Å²) in [5.74, 6) is 0. The molecule has 0 N–H and O–H groups in total. The third-order valence-corrected chi connectivity index (χ3v) is 2.76. The zero-order valence-corrected chi connectivity index (χ0v) is 10.1. The molecule has 0 aromatic heterocycles. The Hall–Kier alpha value is -2.36. The fourth-order valence-electron chi connectivity index (χ4n) is 1.88. The molecule has 4 heteroatoms. The van der Waals surface area contributed by atoms with Gasteiger partial charge in [0.15, 0.2) is 0 Å². The van der Waals surface area contributed by atoms with E-state index < -0.39 is 0 Å². The molecule has 0 saturated heterocycles. The van der Waals surface area contributed by atoms with Crippen LogP contribution in [0.15, 0.2) is 54.6 Å². The van der Waals surface area contributed by atoms with Crippen molar-refractivity contribution in [3.8, 4) is 0 Å². The van der Waals surface area contributed by atoms with Gasteiger partial charge in [0.05, 0.1) is 4.92 Å². The van der Waals surface area contributed by atoms with Crippen molar-refractivity contribution in [2.75, 3.05) is 11.4 Å². The Labute approximate surface area is 106 Å². The summed E-state index contributed by atoms with van der Waals surface area (Å²) in [7, 11) is 0. The van der Waals surface area contributed by atoms with Gasteiger partial charge >= 0.3 is 0 Å². The van der Waals surface area contributed by atoms with Gasteiger partial charge in [-0.25, -0.2) is 0 Å². The SMILES string of the molecule is CCN(c1ccccc1)c1ccc([N+](=O)[O-])cc1. The van der Waals surface area contributed by atoms with Crippen LogP contribution in [0.25, 0.3) is 0 Å². The van der Waals surface area contributed by atoms with E-state index in [0.29, 0.717) is 0 Å². The molecule has 0 heterocycles. The molecule has 0 bridgehead atoms. The maximum Gasteiger partial charge on any atom is 0.269 e. The third kappa shape index (κ3) is 2.48. The fraction of sp³-hybridized carbons (Fsp3) is 0.143. The van der Waals surface area contributed by atoms with Crippen molar-refractivity contribution in [3.05, 3.63) is 64.7 Å². The van der Waals surface area contributed by atoms with Crippen molar-refractivity contribution >= 4 is 17.1 Å². The van der Waals surface area contributed by atoms with Gasteiger partial charge in [-0.3, -0.25) is 10.1 Å². The highest BCUT2D eigenvalue weighted by atomic mass is 16.6. The largest absolute Gasteiger partial charge is 0.342 e. The molecule has 0 spiro atoms. The second-order valence-corrected chi connectivity index (χ2v) is 3.85. The number of benzene rings is 2. The summed E-state index contributed by atoms with van der Waals surface area (Å²) >= 11 is 0. The summed E-state index contributed by atoms with van der Waals surface area (Å²) in [5, 5.41) is 10.6. The quantitative estimate of drug-likeness (QED) is 0.606. The standard InChI is InChI=1S/C14H14N2O2/c1-2-15(12-6-4-3-5-7-12)13-8-10-14(11-9-13)16(17)18/h3-11H,2H2,1H3. The maximum absolute atomic E-state index is 10.6. The first kappa shape index (κ1) is 12.1. The van der Waals surface area contributed by atoms with Crippen LogP contribution in [0.1, 0.15) is 6.92 Å². The molecule has 92 valence electrons. The van der Waals surface area contributed by atoms with E-state index in [1.165, 1.54) is 12.1 Å². The van der Waals surface area contributed by atoms with E-state index in [1.807, 2.05) is 30.3 Å². The van der Waals surface area contributed by atoms with Gasteiger partial charge in [-0.1, -0.05) is 18.2 Å². The molecule has 0 aliphatic heterocycles. The molecule has 2 rings (SSSR count). The number of non-ortho nitro benzene ring substituents is 1. The molecule has 4 nitrogen and oxygen atoms in total. The summed E-state index contributed by atoms with van der Waals surface area (Å²) < 4.78 is 0. The first-order valence-corrected chi connectivity index (χ1v) is 5.79. The molecule has 0 radical (unpaired) electrons. The topological polar surface area (TPSA) is 46.4 Å². The Morgan fingerprint density at radius 3 is 2.06 bits per heavy atom. The number of rotatable bonds is 4. The lowest BCUT2D eigenvalue weighted by molar-refractivity contribution is -0.384. The molecule has 18 heavy (non-hydrogen) atoms. The predicted octanol–water partition coefficient (Wildman–Crippen LogP) is 3.75. The average Bonchev–Trinajstić information content (AvgIpc) is 2.41. The summed E-state index contributed by atoms with van der Waals surface area (Å²) in [5.41, 5.74) is 2.14. The Balaban J connectivity index is 2.31. The highest BCUT2D eigenvalue weighted by Gasteiger charge is 2.09.